The lowest BCUT2D eigenvalue weighted by molar-refractivity contribution is -0.122. The van der Waals surface area contributed by atoms with E-state index < -0.39 is 0 Å². The summed E-state index contributed by atoms with van der Waals surface area (Å²) >= 11 is 0. The smallest absolute Gasteiger partial charge is 0.220 e. The molecule has 0 aliphatic heterocycles. The molecule has 0 fully saturated rings. The average Bonchev–Trinajstić information content (AvgIpc) is 2.16. The van der Waals surface area contributed by atoms with E-state index in [9.17, 15) is 4.79 Å². The zero-order chi connectivity index (χ0) is 11.0. The van der Waals surface area contributed by atoms with Crippen LogP contribution in [0.1, 0.15) is 46.5 Å². The van der Waals surface area contributed by atoms with Crippen LogP contribution in [0, 0.1) is 5.92 Å². The summed E-state index contributed by atoms with van der Waals surface area (Å²) < 4.78 is 0. The quantitative estimate of drug-likeness (QED) is 0.614. The summed E-state index contributed by atoms with van der Waals surface area (Å²) in [7, 11) is 0. The van der Waals surface area contributed by atoms with E-state index >= 15 is 0 Å². The molecular formula is C11H24N2O. The highest BCUT2D eigenvalue weighted by Crippen LogP contribution is 2.02. The Kier molecular flexibility index (Phi) is 7.48. The second-order valence-electron chi connectivity index (χ2n) is 4.03. The summed E-state index contributed by atoms with van der Waals surface area (Å²) in [6, 6.07) is 0.189. The van der Waals surface area contributed by atoms with E-state index in [-0.39, 0.29) is 11.9 Å². The minimum absolute atomic E-state index is 0.159. The highest BCUT2D eigenvalue weighted by Gasteiger charge is 2.12. The Balaban J connectivity index is 3.60. The summed E-state index contributed by atoms with van der Waals surface area (Å²) in [6.45, 7) is 6.82. The van der Waals surface area contributed by atoms with Crippen LogP contribution in [0.5, 0.6) is 0 Å². The highest BCUT2D eigenvalue weighted by atomic mass is 16.1. The van der Waals surface area contributed by atoms with E-state index in [1.807, 2.05) is 6.92 Å². The van der Waals surface area contributed by atoms with Gasteiger partial charge in [-0.3, -0.25) is 4.79 Å². The standard InChI is InChI=1S/C11H24N2O/c1-4-5-6-7-11(14)13-10(3)9(2)8-12/h9-10H,4-8,12H2,1-3H3,(H,13,14). The summed E-state index contributed by atoms with van der Waals surface area (Å²) in [5, 5.41) is 2.97. The molecule has 0 saturated carbocycles. The van der Waals surface area contributed by atoms with E-state index in [2.05, 4.69) is 19.2 Å². The van der Waals surface area contributed by atoms with Crippen LogP contribution in [0.4, 0.5) is 0 Å². The minimum Gasteiger partial charge on any atom is -0.353 e. The highest BCUT2D eigenvalue weighted by molar-refractivity contribution is 5.76. The fourth-order valence-electron chi connectivity index (χ4n) is 1.21. The van der Waals surface area contributed by atoms with Gasteiger partial charge in [-0.15, -0.1) is 0 Å². The third kappa shape index (κ3) is 5.97. The molecule has 1 amide bonds. The molecule has 0 aromatic carbocycles. The predicted molar refractivity (Wildman–Crippen MR) is 60.0 cm³/mol. The molecule has 0 rings (SSSR count). The second kappa shape index (κ2) is 7.80. The first kappa shape index (κ1) is 13.4. The van der Waals surface area contributed by atoms with E-state index in [4.69, 9.17) is 5.73 Å². The van der Waals surface area contributed by atoms with Crippen LogP contribution in [0.2, 0.25) is 0 Å². The summed E-state index contributed by atoms with van der Waals surface area (Å²) in [6.07, 6.45) is 3.93. The summed E-state index contributed by atoms with van der Waals surface area (Å²) in [4.78, 5) is 11.4. The molecule has 3 nitrogen and oxygen atoms in total. The fraction of sp³-hybridized carbons (Fsp3) is 0.909. The van der Waals surface area contributed by atoms with Crippen LogP contribution in [-0.4, -0.2) is 18.5 Å². The Morgan fingerprint density at radius 3 is 2.50 bits per heavy atom. The first-order chi connectivity index (χ1) is 6.61. The van der Waals surface area contributed by atoms with Crippen LogP contribution >= 0.6 is 0 Å². The molecular weight excluding hydrogens is 176 g/mol. The summed E-state index contributed by atoms with van der Waals surface area (Å²) in [5.74, 6) is 0.511. The monoisotopic (exact) mass is 200 g/mol. The zero-order valence-electron chi connectivity index (χ0n) is 9.68. The molecule has 0 spiro atoms. The number of carbonyl (C=O) groups excluding carboxylic acids is 1. The van der Waals surface area contributed by atoms with Crippen molar-refractivity contribution in [2.75, 3.05) is 6.54 Å². The minimum atomic E-state index is 0.159. The average molecular weight is 200 g/mol. The topological polar surface area (TPSA) is 55.1 Å². The van der Waals surface area contributed by atoms with Gasteiger partial charge in [0.2, 0.25) is 5.91 Å². The zero-order valence-corrected chi connectivity index (χ0v) is 9.68. The van der Waals surface area contributed by atoms with Gasteiger partial charge in [-0.2, -0.15) is 0 Å². The molecule has 0 radical (unpaired) electrons. The van der Waals surface area contributed by atoms with E-state index in [1.54, 1.807) is 0 Å². The molecule has 2 unspecified atom stereocenters. The van der Waals surface area contributed by atoms with Crippen molar-refractivity contribution in [1.82, 2.24) is 5.32 Å². The number of amides is 1. The molecule has 0 aliphatic rings. The number of hydrogen-bond donors (Lipinski definition) is 2. The van der Waals surface area contributed by atoms with Crippen LogP contribution in [-0.2, 0) is 4.79 Å². The van der Waals surface area contributed by atoms with Crippen LogP contribution in [0.3, 0.4) is 0 Å². The fourth-order valence-corrected chi connectivity index (χ4v) is 1.21. The van der Waals surface area contributed by atoms with Gasteiger partial charge in [0.15, 0.2) is 0 Å². The Morgan fingerprint density at radius 2 is 2.00 bits per heavy atom. The molecule has 0 aromatic heterocycles. The number of carbonyl (C=O) groups is 1. The van der Waals surface area contributed by atoms with Crippen molar-refractivity contribution in [3.05, 3.63) is 0 Å². The van der Waals surface area contributed by atoms with Crippen molar-refractivity contribution >= 4 is 5.91 Å². The molecule has 14 heavy (non-hydrogen) atoms. The summed E-state index contributed by atoms with van der Waals surface area (Å²) in [5.41, 5.74) is 5.52. The lowest BCUT2D eigenvalue weighted by Crippen LogP contribution is -2.39. The molecule has 3 N–H and O–H groups in total. The molecule has 0 aromatic rings. The first-order valence-corrected chi connectivity index (χ1v) is 5.61. The maximum atomic E-state index is 11.4. The lowest BCUT2D eigenvalue weighted by Gasteiger charge is -2.19. The maximum Gasteiger partial charge on any atom is 0.220 e. The SMILES string of the molecule is CCCCCC(=O)NC(C)C(C)CN. The largest absolute Gasteiger partial charge is 0.353 e. The normalized spacial score (nSPS) is 14.9. The van der Waals surface area contributed by atoms with Gasteiger partial charge in [-0.25, -0.2) is 0 Å². The van der Waals surface area contributed by atoms with Gasteiger partial charge in [-0.1, -0.05) is 26.7 Å². The van der Waals surface area contributed by atoms with Crippen molar-refractivity contribution in [1.29, 1.82) is 0 Å². The predicted octanol–water partition coefficient (Wildman–Crippen LogP) is 1.67. The third-order valence-corrected chi connectivity index (χ3v) is 2.62. The molecule has 0 heterocycles. The third-order valence-electron chi connectivity index (χ3n) is 2.62. The number of hydrogen-bond acceptors (Lipinski definition) is 2. The van der Waals surface area contributed by atoms with E-state index in [0.717, 1.165) is 19.3 Å². The van der Waals surface area contributed by atoms with Gasteiger partial charge < -0.3 is 11.1 Å². The van der Waals surface area contributed by atoms with Crippen molar-refractivity contribution in [3.63, 3.8) is 0 Å². The number of nitrogens with one attached hydrogen (secondary N) is 1. The van der Waals surface area contributed by atoms with Crippen LogP contribution < -0.4 is 11.1 Å². The van der Waals surface area contributed by atoms with Gasteiger partial charge in [-0.05, 0) is 25.8 Å². The van der Waals surface area contributed by atoms with Gasteiger partial charge >= 0.3 is 0 Å². The molecule has 0 aliphatic carbocycles. The lowest BCUT2D eigenvalue weighted by atomic mass is 10.0. The van der Waals surface area contributed by atoms with Crippen LogP contribution in [0.15, 0.2) is 0 Å². The van der Waals surface area contributed by atoms with Crippen molar-refractivity contribution in [3.8, 4) is 0 Å². The molecule has 2 atom stereocenters. The second-order valence-corrected chi connectivity index (χ2v) is 4.03. The van der Waals surface area contributed by atoms with Gasteiger partial charge in [0.1, 0.15) is 0 Å². The Hall–Kier alpha value is -0.570. The van der Waals surface area contributed by atoms with Crippen LogP contribution in [0.25, 0.3) is 0 Å². The van der Waals surface area contributed by atoms with Gasteiger partial charge in [0, 0.05) is 12.5 Å². The Morgan fingerprint density at radius 1 is 1.36 bits per heavy atom. The van der Waals surface area contributed by atoms with Crippen molar-refractivity contribution in [2.24, 2.45) is 11.7 Å². The van der Waals surface area contributed by atoms with Gasteiger partial charge in [0.05, 0.1) is 0 Å². The molecule has 3 heteroatoms. The van der Waals surface area contributed by atoms with Crippen molar-refractivity contribution in [2.45, 2.75) is 52.5 Å². The molecule has 0 saturated heterocycles. The Labute approximate surface area is 87.4 Å². The van der Waals surface area contributed by atoms with Crippen molar-refractivity contribution < 1.29 is 4.79 Å². The number of unbranched alkanes of at least 4 members (excludes halogenated alkanes) is 2. The van der Waals surface area contributed by atoms with E-state index in [0.29, 0.717) is 18.9 Å². The first-order valence-electron chi connectivity index (χ1n) is 5.61. The van der Waals surface area contributed by atoms with Gasteiger partial charge in [0.25, 0.3) is 0 Å². The molecule has 0 bridgehead atoms. The van der Waals surface area contributed by atoms with E-state index in [1.165, 1.54) is 0 Å². The maximum absolute atomic E-state index is 11.4. The number of rotatable bonds is 7. The number of nitrogens with two attached hydrogens (primary N) is 1. The molecule has 84 valence electrons. The Bertz CT molecular complexity index is 159.